The van der Waals surface area contributed by atoms with Crippen LogP contribution in [0.2, 0.25) is 0 Å². The SMILES string of the molecule is COC(=O)/C=C/c1cc(OC)c(OC)c(S(=O)(=O)Oc2ccccc2C(C)C)c1. The van der Waals surface area contributed by atoms with Crippen LogP contribution in [0.5, 0.6) is 17.2 Å². The molecule has 0 amide bonds. The maximum Gasteiger partial charge on any atom is 0.343 e. The van der Waals surface area contributed by atoms with Crippen molar-refractivity contribution in [3.05, 3.63) is 53.6 Å². The van der Waals surface area contributed by atoms with Crippen molar-refractivity contribution in [1.29, 1.82) is 0 Å². The Hall–Kier alpha value is -3.00. The van der Waals surface area contributed by atoms with Crippen LogP contribution < -0.4 is 13.7 Å². The molecule has 0 aliphatic rings. The number of methoxy groups -OCH3 is 3. The van der Waals surface area contributed by atoms with Crippen LogP contribution >= 0.6 is 0 Å². The Balaban J connectivity index is 2.58. The first-order chi connectivity index (χ1) is 13.7. The highest BCUT2D eigenvalue weighted by molar-refractivity contribution is 7.87. The van der Waals surface area contributed by atoms with E-state index in [0.717, 1.165) is 5.56 Å². The lowest BCUT2D eigenvalue weighted by atomic mass is 10.0. The summed E-state index contributed by atoms with van der Waals surface area (Å²) in [5.41, 5.74) is 1.15. The second kappa shape index (κ2) is 9.47. The highest BCUT2D eigenvalue weighted by Gasteiger charge is 2.27. The van der Waals surface area contributed by atoms with Gasteiger partial charge in [-0.3, -0.25) is 0 Å². The van der Waals surface area contributed by atoms with Crippen LogP contribution in [0, 0.1) is 0 Å². The van der Waals surface area contributed by atoms with Gasteiger partial charge in [0.2, 0.25) is 0 Å². The highest BCUT2D eigenvalue weighted by atomic mass is 32.2. The van der Waals surface area contributed by atoms with Gasteiger partial charge < -0.3 is 18.4 Å². The number of carbonyl (C=O) groups is 1. The third kappa shape index (κ3) is 5.29. The monoisotopic (exact) mass is 420 g/mol. The number of esters is 1. The van der Waals surface area contributed by atoms with E-state index in [4.69, 9.17) is 13.7 Å². The van der Waals surface area contributed by atoms with Gasteiger partial charge in [0.15, 0.2) is 16.4 Å². The van der Waals surface area contributed by atoms with Gasteiger partial charge in [-0.1, -0.05) is 32.0 Å². The quantitative estimate of drug-likeness (QED) is 0.365. The smallest absolute Gasteiger partial charge is 0.343 e. The number of carbonyl (C=O) groups excluding carboxylic acids is 1. The topological polar surface area (TPSA) is 88.1 Å². The number of hydrogen-bond donors (Lipinski definition) is 0. The Labute approximate surface area is 171 Å². The van der Waals surface area contributed by atoms with Gasteiger partial charge in [-0.2, -0.15) is 8.42 Å². The van der Waals surface area contributed by atoms with Gasteiger partial charge in [0.05, 0.1) is 21.3 Å². The molecule has 0 aromatic heterocycles. The summed E-state index contributed by atoms with van der Waals surface area (Å²) >= 11 is 0. The summed E-state index contributed by atoms with van der Waals surface area (Å²) in [5.74, 6) is -0.0962. The molecule has 0 saturated heterocycles. The molecule has 0 radical (unpaired) electrons. The molecule has 156 valence electrons. The number of hydrogen-bond acceptors (Lipinski definition) is 7. The van der Waals surface area contributed by atoms with Gasteiger partial charge in [0, 0.05) is 6.08 Å². The second-order valence-electron chi connectivity index (χ2n) is 6.34. The molecule has 2 aromatic rings. The van der Waals surface area contributed by atoms with E-state index in [-0.39, 0.29) is 28.1 Å². The Bertz CT molecular complexity index is 1010. The van der Waals surface area contributed by atoms with Crippen LogP contribution in [0.25, 0.3) is 6.08 Å². The van der Waals surface area contributed by atoms with Crippen LogP contribution in [0.3, 0.4) is 0 Å². The average molecular weight is 420 g/mol. The van der Waals surface area contributed by atoms with Gasteiger partial charge in [-0.15, -0.1) is 0 Å². The van der Waals surface area contributed by atoms with Crippen molar-refractivity contribution < 1.29 is 31.6 Å². The van der Waals surface area contributed by atoms with E-state index in [1.165, 1.54) is 39.5 Å². The fourth-order valence-corrected chi connectivity index (χ4v) is 3.83. The first kappa shape index (κ1) is 22.3. The zero-order valence-electron chi connectivity index (χ0n) is 17.0. The van der Waals surface area contributed by atoms with E-state index in [1.807, 2.05) is 26.0 Å². The largest absolute Gasteiger partial charge is 0.493 e. The van der Waals surface area contributed by atoms with Crippen molar-refractivity contribution in [3.63, 3.8) is 0 Å². The van der Waals surface area contributed by atoms with E-state index in [1.54, 1.807) is 18.2 Å². The Morgan fingerprint density at radius 3 is 2.28 bits per heavy atom. The number of ether oxygens (including phenoxy) is 3. The minimum Gasteiger partial charge on any atom is -0.493 e. The molecule has 8 heteroatoms. The van der Waals surface area contributed by atoms with Crippen LogP contribution in [0.15, 0.2) is 47.4 Å². The zero-order valence-corrected chi connectivity index (χ0v) is 17.8. The van der Waals surface area contributed by atoms with Crippen LogP contribution in [0.4, 0.5) is 0 Å². The summed E-state index contributed by atoms with van der Waals surface area (Å²) in [6.07, 6.45) is 2.58. The molecule has 0 atom stereocenters. The van der Waals surface area contributed by atoms with E-state index >= 15 is 0 Å². The number of para-hydroxylation sites is 1. The van der Waals surface area contributed by atoms with Crippen molar-refractivity contribution in [1.82, 2.24) is 0 Å². The molecule has 29 heavy (non-hydrogen) atoms. The Kier molecular flexibility index (Phi) is 7.28. The molecule has 0 saturated carbocycles. The molecule has 0 aliphatic heterocycles. The summed E-state index contributed by atoms with van der Waals surface area (Å²) in [6, 6.07) is 9.80. The fourth-order valence-electron chi connectivity index (χ4n) is 2.66. The average Bonchev–Trinajstić information content (AvgIpc) is 2.70. The van der Waals surface area contributed by atoms with Crippen LogP contribution in [-0.4, -0.2) is 35.7 Å². The van der Waals surface area contributed by atoms with Crippen molar-refractivity contribution in [2.75, 3.05) is 21.3 Å². The van der Waals surface area contributed by atoms with E-state index in [0.29, 0.717) is 5.56 Å². The Morgan fingerprint density at radius 2 is 1.69 bits per heavy atom. The maximum atomic E-state index is 13.1. The number of rotatable bonds is 8. The summed E-state index contributed by atoms with van der Waals surface area (Å²) in [5, 5.41) is 0. The van der Waals surface area contributed by atoms with Crippen molar-refractivity contribution >= 4 is 22.2 Å². The van der Waals surface area contributed by atoms with Crippen molar-refractivity contribution in [2.24, 2.45) is 0 Å². The van der Waals surface area contributed by atoms with E-state index in [9.17, 15) is 13.2 Å². The lowest BCUT2D eigenvalue weighted by Crippen LogP contribution is -2.13. The molecule has 7 nitrogen and oxygen atoms in total. The third-order valence-electron chi connectivity index (χ3n) is 4.09. The van der Waals surface area contributed by atoms with Gasteiger partial charge in [0.1, 0.15) is 5.75 Å². The van der Waals surface area contributed by atoms with Crippen LogP contribution in [-0.2, 0) is 19.6 Å². The third-order valence-corrected chi connectivity index (χ3v) is 5.33. The molecule has 0 N–H and O–H groups in total. The predicted molar refractivity (Wildman–Crippen MR) is 109 cm³/mol. The summed E-state index contributed by atoms with van der Waals surface area (Å²) < 4.78 is 46.7. The number of benzene rings is 2. The van der Waals surface area contributed by atoms with E-state index in [2.05, 4.69) is 4.74 Å². The Morgan fingerprint density at radius 1 is 1.00 bits per heavy atom. The lowest BCUT2D eigenvalue weighted by Gasteiger charge is -2.17. The van der Waals surface area contributed by atoms with E-state index < -0.39 is 16.1 Å². The normalized spacial score (nSPS) is 11.5. The standard InChI is InChI=1S/C21H24O7S/c1-14(2)16-8-6-7-9-17(16)28-29(23,24)19-13-15(10-11-20(22)26-4)12-18(25-3)21(19)27-5/h6-14H,1-5H3/b11-10+. The summed E-state index contributed by atoms with van der Waals surface area (Å²) in [4.78, 5) is 11.2. The van der Waals surface area contributed by atoms with Gasteiger partial charge in [0.25, 0.3) is 0 Å². The van der Waals surface area contributed by atoms with Crippen LogP contribution in [0.1, 0.15) is 30.9 Å². The summed E-state index contributed by atoms with van der Waals surface area (Å²) in [7, 11) is -0.297. The molecular weight excluding hydrogens is 396 g/mol. The molecule has 0 heterocycles. The molecule has 2 rings (SSSR count). The van der Waals surface area contributed by atoms with Gasteiger partial charge in [-0.25, -0.2) is 4.79 Å². The lowest BCUT2D eigenvalue weighted by molar-refractivity contribution is -0.134. The van der Waals surface area contributed by atoms with Crippen molar-refractivity contribution in [2.45, 2.75) is 24.7 Å². The molecule has 2 aromatic carbocycles. The molecule has 0 fully saturated rings. The molecule has 0 aliphatic carbocycles. The minimum absolute atomic E-state index is 0.00439. The first-order valence-corrected chi connectivity index (χ1v) is 10.2. The van der Waals surface area contributed by atoms with Gasteiger partial charge >= 0.3 is 16.1 Å². The second-order valence-corrected chi connectivity index (χ2v) is 7.86. The predicted octanol–water partition coefficient (Wildman–Crippen LogP) is 3.78. The van der Waals surface area contributed by atoms with Crippen molar-refractivity contribution in [3.8, 4) is 17.2 Å². The van der Waals surface area contributed by atoms with Gasteiger partial charge in [-0.05, 0) is 41.3 Å². The first-order valence-electron chi connectivity index (χ1n) is 8.79. The summed E-state index contributed by atoms with van der Waals surface area (Å²) in [6.45, 7) is 3.88. The minimum atomic E-state index is -4.27. The molecule has 0 unspecified atom stereocenters. The zero-order chi connectivity index (χ0) is 21.6. The molecule has 0 spiro atoms. The maximum absolute atomic E-state index is 13.1. The molecule has 0 bridgehead atoms. The molecular formula is C21H24O7S. The highest BCUT2D eigenvalue weighted by Crippen LogP contribution is 2.38. The fraction of sp³-hybridized carbons (Fsp3) is 0.286.